The van der Waals surface area contributed by atoms with Crippen LogP contribution in [0.3, 0.4) is 0 Å². The van der Waals surface area contributed by atoms with Crippen molar-refractivity contribution >= 4 is 74.1 Å². The van der Waals surface area contributed by atoms with Crippen LogP contribution in [0.25, 0.3) is 0 Å². The number of anilines is 4. The summed E-state index contributed by atoms with van der Waals surface area (Å²) in [7, 11) is 0. The maximum Gasteiger partial charge on any atom is 0.258 e. The summed E-state index contributed by atoms with van der Waals surface area (Å²) in [6, 6.07) is 11.7. The van der Waals surface area contributed by atoms with Crippen LogP contribution in [0.4, 0.5) is 23.1 Å². The van der Waals surface area contributed by atoms with E-state index < -0.39 is 23.3 Å². The third kappa shape index (κ3) is 4.90. The summed E-state index contributed by atoms with van der Waals surface area (Å²) in [6.07, 6.45) is -0.170. The molecule has 4 rings (SSSR count). The van der Waals surface area contributed by atoms with Crippen molar-refractivity contribution in [2.45, 2.75) is 12.3 Å². The van der Waals surface area contributed by atoms with E-state index in [0.29, 0.717) is 21.4 Å². The minimum atomic E-state index is -0.988. The second-order valence-electron chi connectivity index (χ2n) is 6.76. The second kappa shape index (κ2) is 8.70. The SMILES string of the molecule is O=C1CC(C(=O)Nc2ccc(Br)cc2)c2c(nc(Nc3cc(Cl)cc(Cl)c3)[nH]c2=O)N1. The van der Waals surface area contributed by atoms with Gasteiger partial charge in [-0.2, -0.15) is 4.98 Å². The largest absolute Gasteiger partial charge is 0.326 e. The Hall–Kier alpha value is -2.88. The number of aromatic amines is 1. The highest BCUT2D eigenvalue weighted by molar-refractivity contribution is 9.10. The number of H-pyrrole nitrogens is 1. The lowest BCUT2D eigenvalue weighted by Crippen LogP contribution is -2.36. The van der Waals surface area contributed by atoms with Gasteiger partial charge in [0.2, 0.25) is 17.8 Å². The van der Waals surface area contributed by atoms with Crippen molar-refractivity contribution in [3.05, 3.63) is 72.9 Å². The van der Waals surface area contributed by atoms with Gasteiger partial charge in [-0.05, 0) is 42.5 Å². The van der Waals surface area contributed by atoms with E-state index in [1.54, 1.807) is 42.5 Å². The highest BCUT2D eigenvalue weighted by Gasteiger charge is 2.34. The molecule has 1 aromatic heterocycles. The maximum atomic E-state index is 12.8. The van der Waals surface area contributed by atoms with Crippen LogP contribution in [0.1, 0.15) is 17.9 Å². The molecule has 158 valence electrons. The van der Waals surface area contributed by atoms with Gasteiger partial charge in [-0.1, -0.05) is 39.1 Å². The molecule has 0 radical (unpaired) electrons. The van der Waals surface area contributed by atoms with Crippen LogP contribution in [0.2, 0.25) is 10.0 Å². The molecule has 0 spiro atoms. The highest BCUT2D eigenvalue weighted by atomic mass is 79.9. The van der Waals surface area contributed by atoms with Gasteiger partial charge in [-0.3, -0.25) is 19.4 Å². The molecule has 0 saturated heterocycles. The number of hydrogen-bond donors (Lipinski definition) is 4. The lowest BCUT2D eigenvalue weighted by atomic mass is 9.92. The second-order valence-corrected chi connectivity index (χ2v) is 8.55. The number of amides is 2. The molecule has 4 N–H and O–H groups in total. The van der Waals surface area contributed by atoms with E-state index in [-0.39, 0.29) is 23.8 Å². The average molecular weight is 523 g/mol. The zero-order valence-corrected chi connectivity index (χ0v) is 18.7. The van der Waals surface area contributed by atoms with Crippen molar-refractivity contribution in [1.29, 1.82) is 0 Å². The van der Waals surface area contributed by atoms with E-state index in [4.69, 9.17) is 23.2 Å². The molecule has 2 amide bonds. The fourth-order valence-electron chi connectivity index (χ4n) is 3.18. The molecule has 0 fully saturated rings. The number of halogens is 3. The number of carbonyl (C=O) groups excluding carboxylic acids is 2. The predicted octanol–water partition coefficient (Wildman–Crippen LogP) is 4.65. The molecule has 31 heavy (non-hydrogen) atoms. The Morgan fingerprint density at radius 2 is 1.74 bits per heavy atom. The molecule has 1 unspecified atom stereocenters. The van der Waals surface area contributed by atoms with Gasteiger partial charge in [0.25, 0.3) is 5.56 Å². The molecule has 0 aliphatic carbocycles. The van der Waals surface area contributed by atoms with Gasteiger partial charge in [-0.25, -0.2) is 0 Å². The molecule has 1 atom stereocenters. The molecule has 1 aliphatic heterocycles. The lowest BCUT2D eigenvalue weighted by Gasteiger charge is -2.23. The molecular formula is C20H14BrCl2N5O3. The minimum absolute atomic E-state index is 0.0200. The zero-order chi connectivity index (χ0) is 22.1. The van der Waals surface area contributed by atoms with Gasteiger partial charge in [0.05, 0.1) is 11.5 Å². The number of fused-ring (bicyclic) bond motifs is 1. The Morgan fingerprint density at radius 3 is 2.42 bits per heavy atom. The Labute approximate surface area is 194 Å². The first kappa shape index (κ1) is 21.4. The van der Waals surface area contributed by atoms with Crippen LogP contribution in [0.5, 0.6) is 0 Å². The Bertz CT molecular complexity index is 1230. The van der Waals surface area contributed by atoms with Crippen LogP contribution in [-0.4, -0.2) is 21.8 Å². The number of rotatable bonds is 4. The zero-order valence-electron chi connectivity index (χ0n) is 15.6. The lowest BCUT2D eigenvalue weighted by molar-refractivity contribution is -0.123. The molecule has 2 heterocycles. The Morgan fingerprint density at radius 1 is 1.06 bits per heavy atom. The van der Waals surface area contributed by atoms with Gasteiger partial charge in [0, 0.05) is 32.3 Å². The Balaban J connectivity index is 1.64. The summed E-state index contributed by atoms with van der Waals surface area (Å²) in [5, 5.41) is 8.97. The molecule has 8 nitrogen and oxygen atoms in total. The van der Waals surface area contributed by atoms with E-state index in [1.165, 1.54) is 0 Å². The molecule has 0 bridgehead atoms. The van der Waals surface area contributed by atoms with Crippen LogP contribution < -0.4 is 21.5 Å². The monoisotopic (exact) mass is 521 g/mol. The van der Waals surface area contributed by atoms with Gasteiger partial charge < -0.3 is 16.0 Å². The molecule has 3 aromatic rings. The molecule has 0 saturated carbocycles. The number of carbonyl (C=O) groups is 2. The average Bonchev–Trinajstić information content (AvgIpc) is 2.68. The third-order valence-electron chi connectivity index (χ3n) is 4.50. The molecule has 1 aliphatic rings. The van der Waals surface area contributed by atoms with Crippen molar-refractivity contribution in [2.75, 3.05) is 16.0 Å². The number of nitrogens with one attached hydrogen (secondary N) is 4. The summed E-state index contributed by atoms with van der Waals surface area (Å²) in [5.74, 6) is -1.80. The summed E-state index contributed by atoms with van der Waals surface area (Å²) in [6.45, 7) is 0. The van der Waals surface area contributed by atoms with Crippen LogP contribution in [0.15, 0.2) is 51.7 Å². The first-order valence-electron chi connectivity index (χ1n) is 9.02. The fourth-order valence-corrected chi connectivity index (χ4v) is 3.97. The van der Waals surface area contributed by atoms with Gasteiger partial charge in [-0.15, -0.1) is 0 Å². The van der Waals surface area contributed by atoms with E-state index in [0.717, 1.165) is 4.47 Å². The van der Waals surface area contributed by atoms with E-state index >= 15 is 0 Å². The summed E-state index contributed by atoms with van der Waals surface area (Å²) >= 11 is 15.3. The van der Waals surface area contributed by atoms with Crippen molar-refractivity contribution in [1.82, 2.24) is 9.97 Å². The first-order valence-corrected chi connectivity index (χ1v) is 10.6. The Kier molecular flexibility index (Phi) is 5.99. The maximum absolute atomic E-state index is 12.8. The third-order valence-corrected chi connectivity index (χ3v) is 5.47. The van der Waals surface area contributed by atoms with Crippen LogP contribution in [-0.2, 0) is 9.59 Å². The van der Waals surface area contributed by atoms with E-state index in [1.807, 2.05) is 0 Å². The smallest absolute Gasteiger partial charge is 0.258 e. The van der Waals surface area contributed by atoms with E-state index in [9.17, 15) is 14.4 Å². The highest BCUT2D eigenvalue weighted by Crippen LogP contribution is 2.31. The predicted molar refractivity (Wildman–Crippen MR) is 123 cm³/mol. The first-order chi connectivity index (χ1) is 14.8. The molecule has 11 heteroatoms. The fraction of sp³-hybridized carbons (Fsp3) is 0.100. The summed E-state index contributed by atoms with van der Waals surface area (Å²) < 4.78 is 0.856. The molecule has 2 aromatic carbocycles. The van der Waals surface area contributed by atoms with Crippen molar-refractivity contribution in [3.8, 4) is 0 Å². The number of hydrogen-bond acceptors (Lipinski definition) is 5. The number of benzene rings is 2. The molecular weight excluding hydrogens is 509 g/mol. The summed E-state index contributed by atoms with van der Waals surface area (Å²) in [5.41, 5.74) is 0.578. The number of aromatic nitrogens is 2. The van der Waals surface area contributed by atoms with Gasteiger partial charge in [0.1, 0.15) is 5.82 Å². The van der Waals surface area contributed by atoms with Crippen LogP contribution >= 0.6 is 39.1 Å². The quantitative estimate of drug-likeness (QED) is 0.398. The van der Waals surface area contributed by atoms with Crippen molar-refractivity contribution in [2.24, 2.45) is 0 Å². The summed E-state index contributed by atoms with van der Waals surface area (Å²) in [4.78, 5) is 44.7. The van der Waals surface area contributed by atoms with Gasteiger partial charge in [0.15, 0.2) is 0 Å². The van der Waals surface area contributed by atoms with Crippen molar-refractivity contribution < 1.29 is 9.59 Å². The van der Waals surface area contributed by atoms with Crippen molar-refractivity contribution in [3.63, 3.8) is 0 Å². The minimum Gasteiger partial charge on any atom is -0.326 e. The van der Waals surface area contributed by atoms with Crippen LogP contribution in [0, 0.1) is 0 Å². The van der Waals surface area contributed by atoms with Gasteiger partial charge >= 0.3 is 0 Å². The number of nitrogens with zero attached hydrogens (tertiary/aromatic N) is 1. The standard InChI is InChI=1S/C20H14BrCl2N5O3/c21-9-1-3-12(4-2-9)24-18(30)14-8-15(29)26-17-16(14)19(31)28-20(27-17)25-13-6-10(22)5-11(23)7-13/h1-7,14H,8H2,(H,24,30)(H3,25,26,27,28,29,31). The van der Waals surface area contributed by atoms with E-state index in [2.05, 4.69) is 41.8 Å². The topological polar surface area (TPSA) is 116 Å². The normalized spacial score (nSPS) is 15.1.